The van der Waals surface area contributed by atoms with E-state index in [0.29, 0.717) is 55.8 Å². The Hall–Kier alpha value is -2.86. The zero-order valence-electron chi connectivity index (χ0n) is 20.4. The van der Waals surface area contributed by atoms with Gasteiger partial charge in [-0.3, -0.25) is 24.5 Å². The van der Waals surface area contributed by atoms with Crippen LogP contribution in [-0.2, 0) is 35.1 Å². The van der Waals surface area contributed by atoms with Gasteiger partial charge < -0.3 is 29.7 Å². The fourth-order valence-corrected chi connectivity index (χ4v) is 4.64. The fraction of sp³-hybridized carbons (Fsp3) is 0.600. The van der Waals surface area contributed by atoms with Crippen molar-refractivity contribution in [3.05, 3.63) is 29.3 Å². The van der Waals surface area contributed by atoms with Crippen LogP contribution in [-0.4, -0.2) is 86.8 Å². The lowest BCUT2D eigenvalue weighted by Gasteiger charge is -2.29. The number of hydrogen-bond acceptors (Lipinski definition) is 8. The van der Waals surface area contributed by atoms with Crippen LogP contribution in [0.3, 0.4) is 0 Å². The molecule has 2 fully saturated rings. The van der Waals surface area contributed by atoms with Gasteiger partial charge in [-0.05, 0) is 44.5 Å². The number of hydrogen-bond donors (Lipinski definition) is 3. The zero-order valence-corrected chi connectivity index (χ0v) is 20.4. The van der Waals surface area contributed by atoms with Gasteiger partial charge in [0.2, 0.25) is 17.7 Å². The lowest BCUT2D eigenvalue weighted by molar-refractivity contribution is -0.137. The SMILES string of the molecule is O=C1CCC(N2Cc3c(NC(=O)CCOCCOCCOC4CCNCC4)cccc3C2=O)C(=O)N1. The lowest BCUT2D eigenvalue weighted by atomic mass is 10.0. The van der Waals surface area contributed by atoms with Crippen LogP contribution in [0.2, 0.25) is 0 Å². The van der Waals surface area contributed by atoms with Crippen molar-refractivity contribution in [3.8, 4) is 0 Å². The van der Waals surface area contributed by atoms with E-state index in [2.05, 4.69) is 16.0 Å². The third kappa shape index (κ3) is 6.88. The number of carbonyl (C=O) groups is 4. The van der Waals surface area contributed by atoms with Crippen LogP contribution < -0.4 is 16.0 Å². The molecule has 0 radical (unpaired) electrons. The molecule has 3 aliphatic rings. The van der Waals surface area contributed by atoms with Gasteiger partial charge in [0.15, 0.2) is 0 Å². The summed E-state index contributed by atoms with van der Waals surface area (Å²) in [5.74, 6) is -1.30. The van der Waals surface area contributed by atoms with Crippen molar-refractivity contribution in [2.75, 3.05) is 51.4 Å². The van der Waals surface area contributed by atoms with E-state index in [0.717, 1.165) is 25.9 Å². The average Bonchev–Trinajstić information content (AvgIpc) is 3.21. The Bertz CT molecular complexity index is 964. The highest BCUT2D eigenvalue weighted by Crippen LogP contribution is 2.32. The monoisotopic (exact) mass is 502 g/mol. The third-order valence-corrected chi connectivity index (χ3v) is 6.57. The summed E-state index contributed by atoms with van der Waals surface area (Å²) in [7, 11) is 0. The minimum atomic E-state index is -0.696. The van der Waals surface area contributed by atoms with Gasteiger partial charge >= 0.3 is 0 Å². The Morgan fingerprint density at radius 2 is 1.75 bits per heavy atom. The maximum Gasteiger partial charge on any atom is 0.255 e. The quantitative estimate of drug-likeness (QED) is 0.279. The van der Waals surface area contributed by atoms with E-state index in [9.17, 15) is 19.2 Å². The van der Waals surface area contributed by atoms with Crippen LogP contribution in [0.25, 0.3) is 0 Å². The molecule has 4 rings (SSSR count). The van der Waals surface area contributed by atoms with Crippen molar-refractivity contribution in [3.63, 3.8) is 0 Å². The molecule has 36 heavy (non-hydrogen) atoms. The minimum Gasteiger partial charge on any atom is -0.379 e. The first-order chi connectivity index (χ1) is 17.5. The van der Waals surface area contributed by atoms with Gasteiger partial charge in [0, 0.05) is 29.8 Å². The van der Waals surface area contributed by atoms with E-state index in [1.54, 1.807) is 18.2 Å². The highest BCUT2D eigenvalue weighted by molar-refractivity contribution is 6.06. The van der Waals surface area contributed by atoms with Crippen molar-refractivity contribution in [2.45, 2.75) is 50.8 Å². The van der Waals surface area contributed by atoms with Gasteiger partial charge in [-0.1, -0.05) is 6.07 Å². The van der Waals surface area contributed by atoms with E-state index >= 15 is 0 Å². The van der Waals surface area contributed by atoms with E-state index in [-0.39, 0.29) is 43.7 Å². The summed E-state index contributed by atoms with van der Waals surface area (Å²) >= 11 is 0. The number of anilines is 1. The van der Waals surface area contributed by atoms with Crippen molar-refractivity contribution in [1.29, 1.82) is 0 Å². The Morgan fingerprint density at radius 1 is 1.00 bits per heavy atom. The molecule has 0 aliphatic carbocycles. The van der Waals surface area contributed by atoms with Crippen LogP contribution in [0.1, 0.15) is 48.0 Å². The van der Waals surface area contributed by atoms with Crippen LogP contribution in [0.5, 0.6) is 0 Å². The molecule has 0 aromatic heterocycles. The molecule has 0 spiro atoms. The number of fused-ring (bicyclic) bond motifs is 1. The van der Waals surface area contributed by atoms with Crippen molar-refractivity contribution in [1.82, 2.24) is 15.5 Å². The molecule has 1 unspecified atom stereocenters. The van der Waals surface area contributed by atoms with Crippen LogP contribution in [0, 0.1) is 0 Å². The fourth-order valence-electron chi connectivity index (χ4n) is 4.64. The molecule has 2 saturated heterocycles. The number of piperidine rings is 2. The van der Waals surface area contributed by atoms with Crippen molar-refractivity contribution in [2.24, 2.45) is 0 Å². The van der Waals surface area contributed by atoms with Gasteiger partial charge in [-0.2, -0.15) is 0 Å². The number of nitrogens with one attached hydrogen (secondary N) is 3. The highest BCUT2D eigenvalue weighted by atomic mass is 16.5. The number of nitrogens with zero attached hydrogens (tertiary/aromatic N) is 1. The second kappa shape index (κ2) is 12.9. The summed E-state index contributed by atoms with van der Waals surface area (Å²) < 4.78 is 16.8. The molecule has 11 heteroatoms. The highest BCUT2D eigenvalue weighted by Gasteiger charge is 2.39. The Labute approximate surface area is 210 Å². The largest absolute Gasteiger partial charge is 0.379 e. The molecule has 3 N–H and O–H groups in total. The predicted octanol–water partition coefficient (Wildman–Crippen LogP) is 0.578. The number of ether oxygens (including phenoxy) is 3. The van der Waals surface area contributed by atoms with Crippen LogP contribution in [0.15, 0.2) is 18.2 Å². The first kappa shape index (κ1) is 26.2. The standard InChI is InChI=1S/C25H34N4O7/c30-22-5-4-21(24(32)28-22)29-16-19-18(25(29)33)2-1-3-20(19)27-23(31)8-11-34-12-13-35-14-15-36-17-6-9-26-10-7-17/h1-3,17,21,26H,4-16H2,(H,27,31)(H,28,30,32). The summed E-state index contributed by atoms with van der Waals surface area (Å²) in [4.78, 5) is 50.5. The van der Waals surface area contributed by atoms with Crippen molar-refractivity contribution < 1.29 is 33.4 Å². The van der Waals surface area contributed by atoms with E-state index in [1.165, 1.54) is 4.90 Å². The van der Waals surface area contributed by atoms with Gasteiger partial charge in [-0.25, -0.2) is 0 Å². The Morgan fingerprint density at radius 3 is 2.53 bits per heavy atom. The number of carbonyl (C=O) groups excluding carboxylic acids is 4. The summed E-state index contributed by atoms with van der Waals surface area (Å²) in [6, 6.07) is 4.42. The van der Waals surface area contributed by atoms with E-state index in [4.69, 9.17) is 14.2 Å². The molecular formula is C25H34N4O7. The van der Waals surface area contributed by atoms with Crippen molar-refractivity contribution >= 4 is 29.3 Å². The van der Waals surface area contributed by atoms with Gasteiger partial charge in [0.1, 0.15) is 6.04 Å². The van der Waals surface area contributed by atoms with Crippen LogP contribution >= 0.6 is 0 Å². The first-order valence-electron chi connectivity index (χ1n) is 12.6. The molecule has 11 nitrogen and oxygen atoms in total. The van der Waals surface area contributed by atoms with Gasteiger partial charge in [0.25, 0.3) is 5.91 Å². The Balaban J connectivity index is 1.14. The number of amides is 4. The molecule has 4 amide bonds. The summed E-state index contributed by atoms with van der Waals surface area (Å²) in [6.07, 6.45) is 3.02. The number of benzene rings is 1. The molecule has 1 aromatic carbocycles. The second-order valence-corrected chi connectivity index (χ2v) is 9.07. The number of rotatable bonds is 12. The normalized spacial score (nSPS) is 20.4. The van der Waals surface area contributed by atoms with E-state index in [1.807, 2.05) is 0 Å². The molecule has 196 valence electrons. The lowest BCUT2D eigenvalue weighted by Crippen LogP contribution is -2.52. The predicted molar refractivity (Wildman–Crippen MR) is 129 cm³/mol. The summed E-state index contributed by atoms with van der Waals surface area (Å²) in [5.41, 5.74) is 1.66. The first-order valence-corrected chi connectivity index (χ1v) is 12.6. The third-order valence-electron chi connectivity index (χ3n) is 6.57. The minimum absolute atomic E-state index is 0.160. The van der Waals surface area contributed by atoms with E-state index < -0.39 is 11.9 Å². The molecule has 3 aliphatic heterocycles. The second-order valence-electron chi connectivity index (χ2n) is 9.07. The number of imide groups is 1. The van der Waals surface area contributed by atoms with Crippen LogP contribution in [0.4, 0.5) is 5.69 Å². The molecule has 0 bridgehead atoms. The van der Waals surface area contributed by atoms with Gasteiger partial charge in [-0.15, -0.1) is 0 Å². The maximum atomic E-state index is 12.9. The molecule has 1 aromatic rings. The maximum absolute atomic E-state index is 12.9. The molecule has 0 saturated carbocycles. The average molecular weight is 503 g/mol. The topological polar surface area (TPSA) is 135 Å². The smallest absolute Gasteiger partial charge is 0.255 e. The molecule has 1 atom stereocenters. The Kier molecular flexibility index (Phi) is 9.40. The summed E-state index contributed by atoms with van der Waals surface area (Å²) in [6.45, 7) is 4.35. The zero-order chi connectivity index (χ0) is 25.3. The molecule has 3 heterocycles. The molecular weight excluding hydrogens is 468 g/mol. The van der Waals surface area contributed by atoms with Gasteiger partial charge in [0.05, 0.1) is 45.6 Å². The summed E-state index contributed by atoms with van der Waals surface area (Å²) in [5, 5.41) is 8.44.